The van der Waals surface area contributed by atoms with E-state index in [0.717, 1.165) is 35.9 Å². The summed E-state index contributed by atoms with van der Waals surface area (Å²) in [6, 6.07) is 9.51. The van der Waals surface area contributed by atoms with E-state index in [2.05, 4.69) is 52.4 Å². The first-order chi connectivity index (χ1) is 16.2. The molecule has 5 rings (SSSR count). The first-order valence-electron chi connectivity index (χ1n) is 10.9. The Morgan fingerprint density at radius 2 is 2.09 bits per heavy atom. The van der Waals surface area contributed by atoms with Crippen LogP contribution in [0.15, 0.2) is 69.7 Å². The monoisotopic (exact) mass is 463 g/mol. The lowest BCUT2D eigenvalue weighted by molar-refractivity contribution is -0.670. The molecule has 0 bridgehead atoms. The summed E-state index contributed by atoms with van der Waals surface area (Å²) >= 11 is 0. The molecule has 9 heteroatoms. The number of hydrogen-bond donors (Lipinski definition) is 0. The molecule has 0 radical (unpaired) electrons. The van der Waals surface area contributed by atoms with Gasteiger partial charge in [0.25, 0.3) is 0 Å². The van der Waals surface area contributed by atoms with Gasteiger partial charge < -0.3 is 14.0 Å². The van der Waals surface area contributed by atoms with Crippen LogP contribution in [0.2, 0.25) is 0 Å². The first kappa shape index (κ1) is 22.1. The van der Waals surface area contributed by atoms with Gasteiger partial charge in [0.05, 0.1) is 6.54 Å². The van der Waals surface area contributed by atoms with Crippen LogP contribution in [0.4, 0.5) is 14.3 Å². The molecule has 3 aromatic rings. The molecule has 0 saturated carbocycles. The van der Waals surface area contributed by atoms with Crippen LogP contribution in [0.1, 0.15) is 35.5 Å². The van der Waals surface area contributed by atoms with Gasteiger partial charge in [0, 0.05) is 28.6 Å². The minimum absolute atomic E-state index is 0.0725. The van der Waals surface area contributed by atoms with Crippen molar-refractivity contribution in [1.82, 2.24) is 0 Å². The summed E-state index contributed by atoms with van der Waals surface area (Å²) in [5.74, 6) is -1.19. The molecule has 6 nitrogen and oxygen atoms in total. The zero-order valence-electron chi connectivity index (χ0n) is 19.0. The van der Waals surface area contributed by atoms with Crippen LogP contribution in [0.5, 0.6) is 5.75 Å². The Morgan fingerprint density at radius 1 is 1.29 bits per heavy atom. The van der Waals surface area contributed by atoms with Crippen molar-refractivity contribution >= 4 is 29.8 Å². The summed E-state index contributed by atoms with van der Waals surface area (Å²) in [5.41, 5.74) is 2.65. The number of carbonyl (C=O) groups excluding carboxylic acids is 1. The Morgan fingerprint density at radius 3 is 2.85 bits per heavy atom. The Labute approximate surface area is 195 Å². The molecule has 0 atom stereocenters. The van der Waals surface area contributed by atoms with Gasteiger partial charge in [-0.15, -0.1) is 0 Å². The van der Waals surface area contributed by atoms with Crippen LogP contribution >= 0.6 is 0 Å². The number of nitrogens with zero attached hydrogens (tertiary/aromatic N) is 2. The van der Waals surface area contributed by atoms with Crippen LogP contribution in [0.25, 0.3) is 10.9 Å². The molecule has 0 aliphatic carbocycles. The SMILES string of the molecule is Cc1cc(OB(F)F)c(C(=O)/C=C/C=C2/N3CC[n+]4cccc5ccc(c3c54)C2(C)C)c(=O)o1. The first-order valence-corrected chi connectivity index (χ1v) is 10.9. The highest BCUT2D eigenvalue weighted by molar-refractivity contribution is 6.35. The lowest BCUT2D eigenvalue weighted by atomic mass is 9.83. The third kappa shape index (κ3) is 3.43. The summed E-state index contributed by atoms with van der Waals surface area (Å²) < 4.78 is 37.2. The van der Waals surface area contributed by atoms with E-state index in [0.29, 0.717) is 0 Å². The average Bonchev–Trinajstić information content (AvgIpc) is 2.98. The van der Waals surface area contributed by atoms with Crippen molar-refractivity contribution < 1.29 is 27.1 Å². The number of halogens is 2. The number of benzene rings is 1. The second kappa shape index (κ2) is 7.93. The predicted octanol–water partition coefficient (Wildman–Crippen LogP) is 4.13. The summed E-state index contributed by atoms with van der Waals surface area (Å²) in [7, 11) is -3.17. The Balaban J connectivity index is 1.52. The van der Waals surface area contributed by atoms with Crippen molar-refractivity contribution in [2.75, 3.05) is 11.4 Å². The Bertz CT molecular complexity index is 1460. The van der Waals surface area contributed by atoms with E-state index in [1.165, 1.54) is 24.1 Å². The number of allylic oxidation sites excluding steroid dienone is 4. The lowest BCUT2D eigenvalue weighted by Gasteiger charge is -2.27. The molecule has 2 aliphatic rings. The molecule has 34 heavy (non-hydrogen) atoms. The van der Waals surface area contributed by atoms with Crippen molar-refractivity contribution in [2.45, 2.75) is 32.7 Å². The molecule has 4 heterocycles. The topological polar surface area (TPSA) is 63.6 Å². The van der Waals surface area contributed by atoms with E-state index in [9.17, 15) is 18.2 Å². The summed E-state index contributed by atoms with van der Waals surface area (Å²) in [6.45, 7) is 7.27. The van der Waals surface area contributed by atoms with Crippen molar-refractivity contribution in [3.63, 3.8) is 0 Å². The molecule has 0 N–H and O–H groups in total. The third-order valence-electron chi connectivity index (χ3n) is 6.45. The molecule has 2 aromatic heterocycles. The third-order valence-corrected chi connectivity index (χ3v) is 6.45. The molecule has 2 aliphatic heterocycles. The van der Waals surface area contributed by atoms with Crippen LogP contribution in [-0.4, -0.2) is 19.8 Å². The number of hydrogen-bond acceptors (Lipinski definition) is 5. The van der Waals surface area contributed by atoms with Crippen LogP contribution in [-0.2, 0) is 12.0 Å². The highest BCUT2D eigenvalue weighted by Gasteiger charge is 2.45. The number of anilines is 1. The van der Waals surface area contributed by atoms with E-state index >= 15 is 0 Å². The minimum atomic E-state index is -3.17. The van der Waals surface area contributed by atoms with E-state index in [4.69, 9.17) is 4.42 Å². The summed E-state index contributed by atoms with van der Waals surface area (Å²) in [6.07, 6.45) is 6.64. The maximum atomic E-state index is 12.8. The van der Waals surface area contributed by atoms with Gasteiger partial charge in [-0.1, -0.05) is 26.0 Å². The fourth-order valence-electron chi connectivity index (χ4n) is 4.96. The second-order valence-electron chi connectivity index (χ2n) is 8.92. The van der Waals surface area contributed by atoms with Crippen molar-refractivity contribution in [2.24, 2.45) is 0 Å². The maximum Gasteiger partial charge on any atom is 0.796 e. The van der Waals surface area contributed by atoms with E-state index in [1.807, 2.05) is 12.1 Å². The quantitative estimate of drug-likeness (QED) is 0.247. The highest BCUT2D eigenvalue weighted by atomic mass is 19.2. The van der Waals surface area contributed by atoms with Crippen molar-refractivity contribution in [3.05, 3.63) is 87.8 Å². The smallest absolute Gasteiger partial charge is 0.504 e. The van der Waals surface area contributed by atoms with Crippen molar-refractivity contribution in [3.8, 4) is 5.75 Å². The molecule has 0 fully saturated rings. The van der Waals surface area contributed by atoms with Gasteiger partial charge in [0.2, 0.25) is 5.52 Å². The van der Waals surface area contributed by atoms with Gasteiger partial charge in [-0.25, -0.2) is 13.4 Å². The average molecular weight is 463 g/mol. The number of aromatic nitrogens is 1. The zero-order chi connectivity index (χ0) is 24.2. The predicted molar refractivity (Wildman–Crippen MR) is 124 cm³/mol. The van der Waals surface area contributed by atoms with E-state index in [1.54, 1.807) is 6.08 Å². The molecule has 172 valence electrons. The van der Waals surface area contributed by atoms with Gasteiger partial charge in [-0.05, 0) is 36.8 Å². The molecule has 0 unspecified atom stereocenters. The van der Waals surface area contributed by atoms with Crippen LogP contribution in [0.3, 0.4) is 0 Å². The van der Waals surface area contributed by atoms with Crippen LogP contribution < -0.4 is 19.7 Å². The number of carbonyl (C=O) groups is 1. The van der Waals surface area contributed by atoms with Gasteiger partial charge in [0.1, 0.15) is 22.8 Å². The molecule has 0 spiro atoms. The Kier molecular flexibility index (Phi) is 5.15. The summed E-state index contributed by atoms with van der Waals surface area (Å²) in [4.78, 5) is 27.2. The number of ketones is 1. The standard InChI is InChI=1S/C25H22BF2N2O4/c1-15-14-19(34-26(27)28)21(24(32)33-15)18(31)7-4-8-20-25(2,3)17-10-9-16-6-5-11-29-12-13-30(20)23(17)22(16)29/h4-11,14H,12-13H2,1-3H3/q+1/b7-4+,20-8+. The highest BCUT2D eigenvalue weighted by Crippen LogP contribution is 2.50. The molecule has 0 saturated heterocycles. The number of rotatable bonds is 5. The largest absolute Gasteiger partial charge is 0.796 e. The van der Waals surface area contributed by atoms with Crippen molar-refractivity contribution in [1.29, 1.82) is 0 Å². The maximum absolute atomic E-state index is 12.8. The summed E-state index contributed by atoms with van der Waals surface area (Å²) in [5, 5.41) is 1.16. The van der Waals surface area contributed by atoms with E-state index < -0.39 is 30.2 Å². The molecule has 1 aromatic carbocycles. The minimum Gasteiger partial charge on any atom is -0.504 e. The van der Waals surface area contributed by atoms with Gasteiger partial charge in [0.15, 0.2) is 18.5 Å². The molecular weight excluding hydrogens is 441 g/mol. The fraction of sp³-hybridized carbons (Fsp3) is 0.240. The number of aryl methyl sites for hydroxylation is 1. The molecule has 0 amide bonds. The normalized spacial score (nSPS) is 17.1. The van der Waals surface area contributed by atoms with Gasteiger partial charge in [-0.2, -0.15) is 4.57 Å². The second-order valence-corrected chi connectivity index (χ2v) is 8.92. The fourth-order valence-corrected chi connectivity index (χ4v) is 4.96. The van der Waals surface area contributed by atoms with Gasteiger partial charge in [-0.3, -0.25) is 4.79 Å². The molecular formula is C25H22BF2N2O4+. The zero-order valence-corrected chi connectivity index (χ0v) is 19.0. The van der Waals surface area contributed by atoms with Crippen LogP contribution in [0, 0.1) is 6.92 Å². The Hall–Kier alpha value is -3.75. The van der Waals surface area contributed by atoms with Gasteiger partial charge >= 0.3 is 13.1 Å². The number of pyridine rings is 1. The lowest BCUT2D eigenvalue weighted by Crippen LogP contribution is -2.45. The van der Waals surface area contributed by atoms with E-state index in [-0.39, 0.29) is 11.2 Å².